The zero-order chi connectivity index (χ0) is 18.9. The largest absolute Gasteiger partial charge is 0.379 e. The van der Waals surface area contributed by atoms with E-state index in [4.69, 9.17) is 9.26 Å². The number of benzene rings is 2. The van der Waals surface area contributed by atoms with Gasteiger partial charge in [-0.05, 0) is 25.1 Å². The Bertz CT molecular complexity index is 1040. The van der Waals surface area contributed by atoms with E-state index in [-0.39, 0.29) is 10.8 Å². The number of rotatable bonds is 4. The molecule has 4 rings (SSSR count). The van der Waals surface area contributed by atoms with Gasteiger partial charge in [-0.1, -0.05) is 41.1 Å². The van der Waals surface area contributed by atoms with Crippen molar-refractivity contribution in [1.82, 2.24) is 14.4 Å². The number of ether oxygens (including phenoxy) is 1. The van der Waals surface area contributed by atoms with Crippen molar-refractivity contribution in [3.05, 3.63) is 54.1 Å². The van der Waals surface area contributed by atoms with Crippen molar-refractivity contribution in [2.24, 2.45) is 0 Å². The molecular formula is C19H19N3O4S. The average molecular weight is 385 g/mol. The number of morpholine rings is 1. The monoisotopic (exact) mass is 385 g/mol. The molecule has 0 radical (unpaired) electrons. The number of hydrogen-bond acceptors (Lipinski definition) is 6. The fourth-order valence-corrected chi connectivity index (χ4v) is 4.34. The van der Waals surface area contributed by atoms with Crippen LogP contribution in [0.1, 0.15) is 5.56 Å². The Morgan fingerprint density at radius 2 is 1.74 bits per heavy atom. The van der Waals surface area contributed by atoms with Gasteiger partial charge < -0.3 is 9.26 Å². The molecule has 1 aliphatic rings. The van der Waals surface area contributed by atoms with Gasteiger partial charge in [-0.15, -0.1) is 0 Å². The predicted octanol–water partition coefficient (Wildman–Crippen LogP) is 2.73. The highest BCUT2D eigenvalue weighted by Gasteiger charge is 2.27. The number of sulfonamides is 1. The van der Waals surface area contributed by atoms with Gasteiger partial charge in [0, 0.05) is 24.2 Å². The number of hydrogen-bond donors (Lipinski definition) is 0. The lowest BCUT2D eigenvalue weighted by atomic mass is 10.1. The van der Waals surface area contributed by atoms with Gasteiger partial charge >= 0.3 is 0 Å². The first-order valence-electron chi connectivity index (χ1n) is 8.63. The summed E-state index contributed by atoms with van der Waals surface area (Å²) in [6.07, 6.45) is 0. The first-order chi connectivity index (χ1) is 13.0. The lowest BCUT2D eigenvalue weighted by Gasteiger charge is -2.26. The van der Waals surface area contributed by atoms with E-state index in [9.17, 15) is 8.42 Å². The third-order valence-electron chi connectivity index (χ3n) is 4.42. The van der Waals surface area contributed by atoms with Gasteiger partial charge in [0.15, 0.2) is 0 Å². The van der Waals surface area contributed by atoms with Gasteiger partial charge in [0.1, 0.15) is 0 Å². The molecule has 3 aromatic rings. The van der Waals surface area contributed by atoms with Gasteiger partial charge in [-0.25, -0.2) is 8.42 Å². The van der Waals surface area contributed by atoms with Crippen molar-refractivity contribution in [3.63, 3.8) is 0 Å². The van der Waals surface area contributed by atoms with Crippen molar-refractivity contribution in [2.45, 2.75) is 11.8 Å². The Kier molecular flexibility index (Phi) is 4.77. The highest BCUT2D eigenvalue weighted by molar-refractivity contribution is 7.89. The number of aryl methyl sites for hydroxylation is 1. The predicted molar refractivity (Wildman–Crippen MR) is 99.5 cm³/mol. The Labute approximate surface area is 157 Å². The maximum absolute atomic E-state index is 12.8. The summed E-state index contributed by atoms with van der Waals surface area (Å²) < 4.78 is 37.7. The van der Waals surface area contributed by atoms with Gasteiger partial charge in [0.05, 0.1) is 18.1 Å². The lowest BCUT2D eigenvalue weighted by molar-refractivity contribution is 0.0730. The van der Waals surface area contributed by atoms with Crippen LogP contribution >= 0.6 is 0 Å². The van der Waals surface area contributed by atoms with Crippen LogP contribution in [0.2, 0.25) is 0 Å². The van der Waals surface area contributed by atoms with Crippen LogP contribution in [0.3, 0.4) is 0 Å². The van der Waals surface area contributed by atoms with Crippen LogP contribution in [-0.2, 0) is 14.8 Å². The quantitative estimate of drug-likeness (QED) is 0.686. The van der Waals surface area contributed by atoms with E-state index in [2.05, 4.69) is 10.1 Å². The Morgan fingerprint density at radius 1 is 1.00 bits per heavy atom. The summed E-state index contributed by atoms with van der Waals surface area (Å²) in [5.74, 6) is 0.746. The molecule has 0 atom stereocenters. The third kappa shape index (κ3) is 3.64. The van der Waals surface area contributed by atoms with Crippen molar-refractivity contribution in [1.29, 1.82) is 0 Å². The molecular weight excluding hydrogens is 366 g/mol. The molecule has 1 saturated heterocycles. The smallest absolute Gasteiger partial charge is 0.258 e. The molecule has 7 nitrogen and oxygen atoms in total. The fraction of sp³-hybridized carbons (Fsp3) is 0.263. The second-order valence-electron chi connectivity index (χ2n) is 6.33. The molecule has 0 bridgehead atoms. The van der Waals surface area contributed by atoms with Crippen LogP contribution < -0.4 is 0 Å². The topological polar surface area (TPSA) is 85.5 Å². The van der Waals surface area contributed by atoms with E-state index in [1.54, 1.807) is 24.3 Å². The average Bonchev–Trinajstić information content (AvgIpc) is 3.20. The molecule has 1 fully saturated rings. The molecule has 0 spiro atoms. The molecule has 1 aromatic heterocycles. The number of nitrogens with zero attached hydrogens (tertiary/aromatic N) is 3. The van der Waals surface area contributed by atoms with Gasteiger partial charge in [-0.2, -0.15) is 9.29 Å². The molecule has 8 heteroatoms. The van der Waals surface area contributed by atoms with Crippen LogP contribution in [0.25, 0.3) is 22.8 Å². The lowest BCUT2D eigenvalue weighted by Crippen LogP contribution is -2.40. The Balaban J connectivity index is 1.64. The number of aromatic nitrogens is 2. The van der Waals surface area contributed by atoms with Crippen LogP contribution in [0.4, 0.5) is 0 Å². The molecule has 0 saturated carbocycles. The van der Waals surface area contributed by atoms with E-state index in [1.165, 1.54) is 4.31 Å². The molecule has 0 amide bonds. The normalized spacial score (nSPS) is 15.7. The fourth-order valence-electron chi connectivity index (χ4n) is 2.89. The minimum Gasteiger partial charge on any atom is -0.379 e. The highest BCUT2D eigenvalue weighted by Crippen LogP contribution is 2.26. The summed E-state index contributed by atoms with van der Waals surface area (Å²) in [5.41, 5.74) is 2.55. The summed E-state index contributed by atoms with van der Waals surface area (Å²) in [6, 6.07) is 14.4. The molecule has 0 N–H and O–H groups in total. The van der Waals surface area contributed by atoms with Crippen LogP contribution in [0.15, 0.2) is 57.9 Å². The molecule has 1 aliphatic heterocycles. The van der Waals surface area contributed by atoms with Crippen molar-refractivity contribution in [3.8, 4) is 22.8 Å². The van der Waals surface area contributed by atoms with Gasteiger partial charge in [-0.3, -0.25) is 0 Å². The van der Waals surface area contributed by atoms with Gasteiger partial charge in [0.2, 0.25) is 15.8 Å². The zero-order valence-corrected chi connectivity index (χ0v) is 15.6. The summed E-state index contributed by atoms with van der Waals surface area (Å²) in [6.45, 7) is 3.52. The second kappa shape index (κ2) is 7.22. The minimum absolute atomic E-state index is 0.206. The Hall–Kier alpha value is -2.55. The second-order valence-corrected chi connectivity index (χ2v) is 8.27. The first-order valence-corrected chi connectivity index (χ1v) is 10.1. The maximum Gasteiger partial charge on any atom is 0.258 e. The Morgan fingerprint density at radius 3 is 2.48 bits per heavy atom. The SMILES string of the molecule is Cc1ccc(-c2noc(-c3cccc(S(=O)(=O)N4CCOCC4)c3)n2)cc1. The van der Waals surface area contributed by atoms with Crippen molar-refractivity contribution < 1.29 is 17.7 Å². The van der Waals surface area contributed by atoms with Crippen molar-refractivity contribution >= 4 is 10.0 Å². The molecule has 0 aliphatic carbocycles. The van der Waals surface area contributed by atoms with Crippen LogP contribution in [-0.4, -0.2) is 49.2 Å². The summed E-state index contributed by atoms with van der Waals surface area (Å²) >= 11 is 0. The first kappa shape index (κ1) is 17.8. The van der Waals surface area contributed by atoms with E-state index in [0.717, 1.165) is 11.1 Å². The van der Waals surface area contributed by atoms with E-state index in [0.29, 0.717) is 37.7 Å². The molecule has 0 unspecified atom stereocenters. The standard InChI is InChI=1S/C19H19N3O4S/c1-14-5-7-15(8-6-14)18-20-19(26-21-18)16-3-2-4-17(13-16)27(23,24)22-9-11-25-12-10-22/h2-8,13H,9-12H2,1H3. The highest BCUT2D eigenvalue weighted by atomic mass is 32.2. The third-order valence-corrected chi connectivity index (χ3v) is 6.32. The summed E-state index contributed by atoms with van der Waals surface area (Å²) in [5, 5.41) is 4.01. The molecule has 2 heterocycles. The maximum atomic E-state index is 12.8. The zero-order valence-electron chi connectivity index (χ0n) is 14.8. The molecule has 140 valence electrons. The van der Waals surface area contributed by atoms with E-state index in [1.807, 2.05) is 31.2 Å². The summed E-state index contributed by atoms with van der Waals surface area (Å²) in [7, 11) is -3.58. The van der Waals surface area contributed by atoms with E-state index >= 15 is 0 Å². The van der Waals surface area contributed by atoms with Crippen LogP contribution in [0.5, 0.6) is 0 Å². The van der Waals surface area contributed by atoms with Crippen LogP contribution in [0, 0.1) is 6.92 Å². The summed E-state index contributed by atoms with van der Waals surface area (Å²) in [4.78, 5) is 4.62. The van der Waals surface area contributed by atoms with E-state index < -0.39 is 10.0 Å². The van der Waals surface area contributed by atoms with Gasteiger partial charge in [0.25, 0.3) is 5.89 Å². The molecule has 2 aromatic carbocycles. The molecule has 27 heavy (non-hydrogen) atoms. The minimum atomic E-state index is -3.58. The van der Waals surface area contributed by atoms with Crippen molar-refractivity contribution in [2.75, 3.05) is 26.3 Å².